The van der Waals surface area contributed by atoms with Crippen molar-refractivity contribution in [1.82, 2.24) is 0 Å². The molecule has 0 heterocycles. The maximum absolute atomic E-state index is 2.30. The highest BCUT2D eigenvalue weighted by atomic mass is 14.0. The van der Waals surface area contributed by atoms with Crippen molar-refractivity contribution in [3.63, 3.8) is 0 Å². The minimum absolute atomic E-state index is 1.23. The van der Waals surface area contributed by atoms with Crippen molar-refractivity contribution in [3.05, 3.63) is 48.6 Å². The van der Waals surface area contributed by atoms with Crippen LogP contribution in [0.25, 0.3) is 0 Å². The van der Waals surface area contributed by atoms with E-state index in [1.165, 1.54) is 89.9 Å². The average Bonchev–Trinajstić information content (AvgIpc) is 2.53. The molecule has 124 valence electrons. The summed E-state index contributed by atoms with van der Waals surface area (Å²) in [6.07, 6.45) is 37.0. The largest absolute Gasteiger partial charge is 0.0845 e. The second-order valence-electron chi connectivity index (χ2n) is 6.45. The van der Waals surface area contributed by atoms with Gasteiger partial charge in [0.1, 0.15) is 0 Å². The molecule has 0 radical (unpaired) electrons. The molecule has 1 aliphatic rings. The fraction of sp³-hybridized carbons (Fsp3) is 0.636. The smallest absolute Gasteiger partial charge is 0.0348 e. The van der Waals surface area contributed by atoms with Gasteiger partial charge in [0.05, 0.1) is 0 Å². The molecule has 0 aromatic carbocycles. The zero-order valence-corrected chi connectivity index (χ0v) is 14.5. The SMILES string of the molecule is C1=CCCCCCCCCCCCCCC/C=C/C=C/C=C\1. The van der Waals surface area contributed by atoms with Crippen molar-refractivity contribution < 1.29 is 0 Å². The summed E-state index contributed by atoms with van der Waals surface area (Å²) in [4.78, 5) is 0. The number of allylic oxidation sites excluding steroid dienone is 8. The lowest BCUT2D eigenvalue weighted by Gasteiger charge is -2.02. The molecule has 0 aromatic heterocycles. The second-order valence-corrected chi connectivity index (χ2v) is 6.45. The van der Waals surface area contributed by atoms with E-state index in [1.54, 1.807) is 0 Å². The number of rotatable bonds is 0. The summed E-state index contributed by atoms with van der Waals surface area (Å²) < 4.78 is 0. The molecule has 0 aliphatic heterocycles. The quantitative estimate of drug-likeness (QED) is 0.430. The van der Waals surface area contributed by atoms with Gasteiger partial charge in [-0.05, 0) is 25.7 Å². The van der Waals surface area contributed by atoms with Gasteiger partial charge in [0.25, 0.3) is 0 Å². The minimum atomic E-state index is 1.23. The molecule has 0 fully saturated rings. The van der Waals surface area contributed by atoms with Gasteiger partial charge >= 0.3 is 0 Å². The summed E-state index contributed by atoms with van der Waals surface area (Å²) in [5.74, 6) is 0. The Balaban J connectivity index is 2.22. The maximum Gasteiger partial charge on any atom is -0.0348 e. The van der Waals surface area contributed by atoms with Gasteiger partial charge in [-0.3, -0.25) is 0 Å². The van der Waals surface area contributed by atoms with Crippen LogP contribution in [0.1, 0.15) is 89.9 Å². The third-order valence-electron chi connectivity index (χ3n) is 4.32. The van der Waals surface area contributed by atoms with E-state index >= 15 is 0 Å². The molecule has 0 nitrogen and oxygen atoms in total. The Kier molecular flexibility index (Phi) is 14.1. The van der Waals surface area contributed by atoms with Crippen molar-refractivity contribution in [2.75, 3.05) is 0 Å². The topological polar surface area (TPSA) is 0 Å². The molecule has 0 aromatic rings. The molecule has 22 heavy (non-hydrogen) atoms. The third-order valence-corrected chi connectivity index (χ3v) is 4.32. The Hall–Kier alpha value is -1.04. The van der Waals surface area contributed by atoms with Crippen LogP contribution in [0.2, 0.25) is 0 Å². The van der Waals surface area contributed by atoms with Gasteiger partial charge < -0.3 is 0 Å². The molecule has 0 N–H and O–H groups in total. The van der Waals surface area contributed by atoms with E-state index in [9.17, 15) is 0 Å². The van der Waals surface area contributed by atoms with Crippen molar-refractivity contribution in [1.29, 1.82) is 0 Å². The molecule has 1 rings (SSSR count). The maximum atomic E-state index is 2.30. The monoisotopic (exact) mass is 300 g/mol. The first kappa shape index (κ1) is 19.0. The van der Waals surface area contributed by atoms with Crippen LogP contribution in [0.3, 0.4) is 0 Å². The van der Waals surface area contributed by atoms with Crippen molar-refractivity contribution in [2.24, 2.45) is 0 Å². The van der Waals surface area contributed by atoms with E-state index in [4.69, 9.17) is 0 Å². The van der Waals surface area contributed by atoms with Crippen LogP contribution in [0.15, 0.2) is 48.6 Å². The Morgan fingerprint density at radius 3 is 0.909 bits per heavy atom. The lowest BCUT2D eigenvalue weighted by molar-refractivity contribution is 0.542. The Morgan fingerprint density at radius 2 is 0.545 bits per heavy atom. The van der Waals surface area contributed by atoms with Crippen LogP contribution in [-0.2, 0) is 0 Å². The van der Waals surface area contributed by atoms with Crippen molar-refractivity contribution in [3.8, 4) is 0 Å². The predicted molar refractivity (Wildman–Crippen MR) is 101 cm³/mol. The highest BCUT2D eigenvalue weighted by Gasteiger charge is 1.93. The Labute approximate surface area is 139 Å². The van der Waals surface area contributed by atoms with Crippen LogP contribution >= 0.6 is 0 Å². The summed E-state index contributed by atoms with van der Waals surface area (Å²) in [6, 6.07) is 0. The molecule has 0 atom stereocenters. The lowest BCUT2D eigenvalue weighted by atomic mass is 10.0. The van der Waals surface area contributed by atoms with Crippen LogP contribution < -0.4 is 0 Å². The van der Waals surface area contributed by atoms with Crippen LogP contribution in [0.4, 0.5) is 0 Å². The normalized spacial score (nSPS) is 25.5. The molecule has 1 aliphatic carbocycles. The molecular weight excluding hydrogens is 264 g/mol. The molecule has 0 saturated carbocycles. The van der Waals surface area contributed by atoms with E-state index in [0.29, 0.717) is 0 Å². The van der Waals surface area contributed by atoms with Crippen LogP contribution in [-0.4, -0.2) is 0 Å². The Morgan fingerprint density at radius 1 is 0.273 bits per heavy atom. The first-order valence-electron chi connectivity index (χ1n) is 9.65. The number of hydrogen-bond acceptors (Lipinski definition) is 0. The van der Waals surface area contributed by atoms with Gasteiger partial charge in [0, 0.05) is 0 Å². The van der Waals surface area contributed by atoms with Crippen LogP contribution in [0.5, 0.6) is 0 Å². The standard InChI is InChI=1S/C22H36/c1-2-4-6-8-10-12-14-16-18-20-22-21-19-17-15-13-11-9-7-5-3-1/h1-8H,9-22H2/b3-1-,4-2+,7-5?,8-6+. The zero-order chi connectivity index (χ0) is 15.6. The first-order valence-corrected chi connectivity index (χ1v) is 9.65. The first-order chi connectivity index (χ1) is 11.0. The fourth-order valence-electron chi connectivity index (χ4n) is 2.90. The summed E-state index contributed by atoms with van der Waals surface area (Å²) >= 11 is 0. The lowest BCUT2D eigenvalue weighted by Crippen LogP contribution is -1.83. The van der Waals surface area contributed by atoms with Gasteiger partial charge in [-0.15, -0.1) is 0 Å². The van der Waals surface area contributed by atoms with E-state index < -0.39 is 0 Å². The Bertz CT molecular complexity index is 296. The van der Waals surface area contributed by atoms with Gasteiger partial charge in [0.15, 0.2) is 0 Å². The fourth-order valence-corrected chi connectivity index (χ4v) is 2.90. The van der Waals surface area contributed by atoms with E-state index in [-0.39, 0.29) is 0 Å². The minimum Gasteiger partial charge on any atom is -0.0845 e. The molecule has 0 unspecified atom stereocenters. The molecule has 0 spiro atoms. The summed E-state index contributed by atoms with van der Waals surface area (Å²) in [5.41, 5.74) is 0. The summed E-state index contributed by atoms with van der Waals surface area (Å²) in [6.45, 7) is 0. The van der Waals surface area contributed by atoms with E-state index in [2.05, 4.69) is 48.6 Å². The predicted octanol–water partition coefficient (Wildman–Crippen LogP) is 7.69. The summed E-state index contributed by atoms with van der Waals surface area (Å²) in [5, 5.41) is 0. The van der Waals surface area contributed by atoms with E-state index in [0.717, 1.165) is 0 Å². The van der Waals surface area contributed by atoms with E-state index in [1.807, 2.05) is 0 Å². The van der Waals surface area contributed by atoms with Crippen molar-refractivity contribution in [2.45, 2.75) is 89.9 Å². The highest BCUT2D eigenvalue weighted by Crippen LogP contribution is 2.13. The van der Waals surface area contributed by atoms with Gasteiger partial charge in [-0.2, -0.15) is 0 Å². The summed E-state index contributed by atoms with van der Waals surface area (Å²) in [7, 11) is 0. The van der Waals surface area contributed by atoms with Gasteiger partial charge in [0.2, 0.25) is 0 Å². The zero-order valence-electron chi connectivity index (χ0n) is 14.5. The van der Waals surface area contributed by atoms with Crippen molar-refractivity contribution >= 4 is 0 Å². The molecule has 0 heteroatoms. The van der Waals surface area contributed by atoms with Crippen LogP contribution in [0, 0.1) is 0 Å². The molecule has 0 saturated heterocycles. The molecular formula is C22H36. The number of hydrogen-bond donors (Lipinski definition) is 0. The second kappa shape index (κ2) is 16.3. The highest BCUT2D eigenvalue weighted by molar-refractivity contribution is 5.15. The van der Waals surface area contributed by atoms with Gasteiger partial charge in [-0.25, -0.2) is 0 Å². The average molecular weight is 301 g/mol. The molecule has 0 bridgehead atoms. The molecule has 0 amide bonds. The third kappa shape index (κ3) is 13.9. The van der Waals surface area contributed by atoms with Gasteiger partial charge in [-0.1, -0.05) is 113 Å².